The fourth-order valence-electron chi connectivity index (χ4n) is 3.17. The molecule has 24 heavy (non-hydrogen) atoms. The molecule has 0 bridgehead atoms. The van der Waals surface area contributed by atoms with Crippen LogP contribution < -0.4 is 4.90 Å². The second-order valence-corrected chi connectivity index (χ2v) is 7.50. The minimum atomic E-state index is -0.531. The van der Waals surface area contributed by atoms with Crippen LogP contribution in [0.5, 0.6) is 0 Å². The maximum Gasteiger partial charge on any atom is 0.172 e. The summed E-state index contributed by atoms with van der Waals surface area (Å²) in [4.78, 5) is 13.8. The van der Waals surface area contributed by atoms with E-state index in [4.69, 9.17) is 9.97 Å². The molecule has 1 aliphatic rings. The van der Waals surface area contributed by atoms with Crippen molar-refractivity contribution in [1.29, 1.82) is 0 Å². The highest BCUT2D eigenvalue weighted by molar-refractivity contribution is 7.15. The van der Waals surface area contributed by atoms with Crippen LogP contribution in [0, 0.1) is 12.8 Å². The number of aliphatic hydroxyl groups excluding tert-OH is 2. The first kappa shape index (κ1) is 15.5. The molecule has 124 valence electrons. The normalized spacial score (nSPS) is 20.9. The molecule has 6 heteroatoms. The lowest BCUT2D eigenvalue weighted by atomic mass is 10.1. The van der Waals surface area contributed by atoms with Crippen LogP contribution in [0.3, 0.4) is 0 Å². The first-order valence-electron chi connectivity index (χ1n) is 8.03. The van der Waals surface area contributed by atoms with Gasteiger partial charge in [-0.3, -0.25) is 0 Å². The van der Waals surface area contributed by atoms with E-state index < -0.39 is 6.10 Å². The third-order valence-electron chi connectivity index (χ3n) is 4.48. The van der Waals surface area contributed by atoms with Gasteiger partial charge in [0, 0.05) is 29.3 Å². The average Bonchev–Trinajstić information content (AvgIpc) is 3.19. The Morgan fingerprint density at radius 3 is 2.71 bits per heavy atom. The summed E-state index contributed by atoms with van der Waals surface area (Å²) in [6.45, 7) is 3.13. The molecule has 1 aliphatic heterocycles. The summed E-state index contributed by atoms with van der Waals surface area (Å²) in [5.74, 6) is 1.41. The lowest BCUT2D eigenvalue weighted by Gasteiger charge is -2.19. The van der Waals surface area contributed by atoms with Crippen molar-refractivity contribution in [2.24, 2.45) is 5.92 Å². The Morgan fingerprint density at radius 2 is 2.00 bits per heavy atom. The molecule has 1 saturated heterocycles. The molecule has 1 fully saturated rings. The number of aryl methyl sites for hydroxylation is 1. The number of hydrogen-bond donors (Lipinski definition) is 2. The van der Waals surface area contributed by atoms with E-state index in [1.54, 1.807) is 11.3 Å². The van der Waals surface area contributed by atoms with Crippen molar-refractivity contribution in [3.05, 3.63) is 41.3 Å². The van der Waals surface area contributed by atoms with E-state index in [0.717, 1.165) is 21.6 Å². The molecule has 3 heterocycles. The largest absolute Gasteiger partial charge is 0.396 e. The molecule has 5 nitrogen and oxygen atoms in total. The number of benzene rings is 1. The third kappa shape index (κ3) is 2.66. The van der Waals surface area contributed by atoms with E-state index in [0.29, 0.717) is 18.9 Å². The van der Waals surface area contributed by atoms with Gasteiger partial charge in [0.1, 0.15) is 5.82 Å². The number of thiophene rings is 1. The molecule has 0 aliphatic carbocycles. The highest BCUT2D eigenvalue weighted by Crippen LogP contribution is 2.33. The standard InChI is InChI=1S/C18H19N3O2S/c1-11-6-7-16(24-11)17-19-14-5-3-2-4-13(14)18(20-17)21-8-12(10-22)15(23)9-21/h2-7,12,15,22-23H,8-10H2,1H3/t12-,15+/m0/s1. The predicted molar refractivity (Wildman–Crippen MR) is 96.4 cm³/mol. The number of nitrogens with zero attached hydrogens (tertiary/aromatic N) is 3. The number of β-amino-alcohol motifs (C(OH)–C–C–N with tert-alkyl or cyclic N) is 1. The minimum absolute atomic E-state index is 0.0162. The Hall–Kier alpha value is -2.02. The summed E-state index contributed by atoms with van der Waals surface area (Å²) in [7, 11) is 0. The molecule has 0 amide bonds. The Balaban J connectivity index is 1.84. The molecule has 0 spiro atoms. The van der Waals surface area contributed by atoms with Crippen LogP contribution in [-0.2, 0) is 0 Å². The minimum Gasteiger partial charge on any atom is -0.396 e. The monoisotopic (exact) mass is 341 g/mol. The summed E-state index contributed by atoms with van der Waals surface area (Å²) < 4.78 is 0. The molecule has 0 radical (unpaired) electrons. The molecule has 2 atom stereocenters. The van der Waals surface area contributed by atoms with Crippen molar-refractivity contribution < 1.29 is 10.2 Å². The number of aliphatic hydroxyl groups is 2. The Bertz CT molecular complexity index is 880. The van der Waals surface area contributed by atoms with Crippen molar-refractivity contribution in [1.82, 2.24) is 9.97 Å². The van der Waals surface area contributed by atoms with Gasteiger partial charge in [-0.05, 0) is 31.2 Å². The van der Waals surface area contributed by atoms with Gasteiger partial charge in [0.05, 0.1) is 23.1 Å². The van der Waals surface area contributed by atoms with Crippen molar-refractivity contribution in [3.8, 4) is 10.7 Å². The Morgan fingerprint density at radius 1 is 1.17 bits per heavy atom. The van der Waals surface area contributed by atoms with Crippen molar-refractivity contribution in [2.45, 2.75) is 13.0 Å². The lowest BCUT2D eigenvalue weighted by molar-refractivity contribution is 0.104. The first-order valence-corrected chi connectivity index (χ1v) is 8.85. The summed E-state index contributed by atoms with van der Waals surface area (Å²) >= 11 is 1.67. The van der Waals surface area contributed by atoms with Crippen LogP contribution >= 0.6 is 11.3 Å². The summed E-state index contributed by atoms with van der Waals surface area (Å²) in [5, 5.41) is 20.5. The van der Waals surface area contributed by atoms with Crippen LogP contribution in [0.25, 0.3) is 21.6 Å². The smallest absolute Gasteiger partial charge is 0.172 e. The quantitative estimate of drug-likeness (QED) is 0.766. The molecule has 0 unspecified atom stereocenters. The molecule has 1 aromatic carbocycles. The summed E-state index contributed by atoms with van der Waals surface area (Å²) in [5.41, 5.74) is 0.894. The van der Waals surface area contributed by atoms with Crippen LogP contribution in [0.1, 0.15) is 4.88 Å². The molecule has 2 N–H and O–H groups in total. The zero-order valence-electron chi connectivity index (χ0n) is 13.4. The topological polar surface area (TPSA) is 69.5 Å². The number of fused-ring (bicyclic) bond motifs is 1. The van der Waals surface area contributed by atoms with Crippen molar-refractivity contribution in [3.63, 3.8) is 0 Å². The predicted octanol–water partition coefficient (Wildman–Crippen LogP) is 2.46. The second kappa shape index (κ2) is 6.12. The van der Waals surface area contributed by atoms with Gasteiger partial charge in [0.15, 0.2) is 5.82 Å². The highest BCUT2D eigenvalue weighted by Gasteiger charge is 2.32. The van der Waals surface area contributed by atoms with Crippen LogP contribution in [0.4, 0.5) is 5.82 Å². The Labute approximate surface area is 144 Å². The molecule has 4 rings (SSSR count). The number of aromatic nitrogens is 2. The Kier molecular flexibility index (Phi) is 3.96. The van der Waals surface area contributed by atoms with Gasteiger partial charge in [0.25, 0.3) is 0 Å². The fraction of sp³-hybridized carbons (Fsp3) is 0.333. The van der Waals surface area contributed by atoms with Gasteiger partial charge in [-0.15, -0.1) is 11.3 Å². The molecule has 0 saturated carbocycles. The van der Waals surface area contributed by atoms with Crippen LogP contribution in [0.15, 0.2) is 36.4 Å². The van der Waals surface area contributed by atoms with Crippen LogP contribution in [0.2, 0.25) is 0 Å². The number of para-hydroxylation sites is 1. The van der Waals surface area contributed by atoms with E-state index in [-0.39, 0.29) is 12.5 Å². The highest BCUT2D eigenvalue weighted by atomic mass is 32.1. The number of hydrogen-bond acceptors (Lipinski definition) is 6. The van der Waals surface area contributed by atoms with Crippen LogP contribution in [-0.4, -0.2) is 46.0 Å². The van der Waals surface area contributed by atoms with Crippen molar-refractivity contribution in [2.75, 3.05) is 24.6 Å². The number of anilines is 1. The fourth-order valence-corrected chi connectivity index (χ4v) is 3.97. The van der Waals surface area contributed by atoms with Gasteiger partial charge in [-0.2, -0.15) is 0 Å². The van der Waals surface area contributed by atoms with Gasteiger partial charge < -0.3 is 15.1 Å². The SMILES string of the molecule is Cc1ccc(-c2nc(N3C[C@@H](CO)[C@H](O)C3)c3ccccc3n2)s1. The molecular formula is C18H19N3O2S. The summed E-state index contributed by atoms with van der Waals surface area (Å²) in [6, 6.07) is 12.0. The van der Waals surface area contributed by atoms with Gasteiger partial charge in [-0.25, -0.2) is 9.97 Å². The van der Waals surface area contributed by atoms with E-state index >= 15 is 0 Å². The van der Waals surface area contributed by atoms with Gasteiger partial charge in [0.2, 0.25) is 0 Å². The van der Waals surface area contributed by atoms with Crippen molar-refractivity contribution >= 4 is 28.1 Å². The van der Waals surface area contributed by atoms with Gasteiger partial charge >= 0.3 is 0 Å². The molecular weight excluding hydrogens is 322 g/mol. The first-order chi connectivity index (χ1) is 11.7. The van der Waals surface area contributed by atoms with Gasteiger partial charge in [-0.1, -0.05) is 12.1 Å². The van der Waals surface area contributed by atoms with E-state index in [1.165, 1.54) is 4.88 Å². The molecule has 3 aromatic rings. The zero-order chi connectivity index (χ0) is 16.7. The summed E-state index contributed by atoms with van der Waals surface area (Å²) in [6.07, 6.45) is -0.531. The maximum absolute atomic E-state index is 10.1. The van der Waals surface area contributed by atoms with E-state index in [1.807, 2.05) is 30.3 Å². The molecule has 2 aromatic heterocycles. The lowest BCUT2D eigenvalue weighted by Crippen LogP contribution is -2.22. The second-order valence-electron chi connectivity index (χ2n) is 6.21. The zero-order valence-corrected chi connectivity index (χ0v) is 14.2. The average molecular weight is 341 g/mol. The maximum atomic E-state index is 10.1. The van der Waals surface area contributed by atoms with E-state index in [2.05, 4.69) is 17.9 Å². The third-order valence-corrected chi connectivity index (χ3v) is 5.48. The number of rotatable bonds is 3. The van der Waals surface area contributed by atoms with E-state index in [9.17, 15) is 10.2 Å².